The molecule has 0 aliphatic carbocycles. The van der Waals surface area contributed by atoms with Crippen molar-refractivity contribution in [3.63, 3.8) is 0 Å². The van der Waals surface area contributed by atoms with Crippen LogP contribution < -0.4 is 5.32 Å². The van der Waals surface area contributed by atoms with Gasteiger partial charge in [-0.2, -0.15) is 0 Å². The maximum atomic E-state index is 6.15. The first kappa shape index (κ1) is 15.6. The van der Waals surface area contributed by atoms with E-state index >= 15 is 0 Å². The van der Waals surface area contributed by atoms with Crippen LogP contribution in [0, 0.1) is 11.8 Å². The lowest BCUT2D eigenvalue weighted by molar-refractivity contribution is 0.505. The molecule has 0 saturated heterocycles. The van der Waals surface area contributed by atoms with Gasteiger partial charge in [-0.1, -0.05) is 24.6 Å². The van der Waals surface area contributed by atoms with E-state index in [1.54, 1.807) is 0 Å². The molecule has 3 heteroatoms. The zero-order valence-electron chi connectivity index (χ0n) is 10.9. The molecular formula is C15H19BrClN. The summed E-state index contributed by atoms with van der Waals surface area (Å²) in [5.74, 6) is 6.06. The van der Waals surface area contributed by atoms with E-state index in [1.165, 1.54) is 5.56 Å². The molecule has 0 aromatic heterocycles. The van der Waals surface area contributed by atoms with Crippen LogP contribution in [0.2, 0.25) is 5.02 Å². The van der Waals surface area contributed by atoms with Crippen LogP contribution in [-0.4, -0.2) is 6.54 Å². The summed E-state index contributed by atoms with van der Waals surface area (Å²) in [5.41, 5.74) is 1.23. The number of nitrogens with one attached hydrogen (secondary N) is 1. The van der Waals surface area contributed by atoms with Crippen LogP contribution in [0.15, 0.2) is 22.7 Å². The molecule has 0 saturated carbocycles. The summed E-state index contributed by atoms with van der Waals surface area (Å²) in [5, 5.41) is 4.31. The summed E-state index contributed by atoms with van der Waals surface area (Å²) in [6.07, 6.45) is 3.05. The molecule has 1 N–H and O–H groups in total. The second kappa shape index (κ2) is 8.58. The molecular weight excluding hydrogens is 310 g/mol. The van der Waals surface area contributed by atoms with Gasteiger partial charge in [0.15, 0.2) is 0 Å². The minimum atomic E-state index is 0.330. The maximum Gasteiger partial charge on any atom is 0.0551 e. The van der Waals surface area contributed by atoms with Gasteiger partial charge in [0.1, 0.15) is 0 Å². The van der Waals surface area contributed by atoms with Crippen LogP contribution >= 0.6 is 27.5 Å². The number of hydrogen-bond acceptors (Lipinski definition) is 1. The largest absolute Gasteiger partial charge is 0.310 e. The van der Waals surface area contributed by atoms with Gasteiger partial charge >= 0.3 is 0 Å². The van der Waals surface area contributed by atoms with E-state index < -0.39 is 0 Å². The van der Waals surface area contributed by atoms with Crippen LogP contribution in [0.4, 0.5) is 0 Å². The third-order valence-corrected chi connectivity index (χ3v) is 3.95. The summed E-state index contributed by atoms with van der Waals surface area (Å²) < 4.78 is 0.940. The first-order valence-corrected chi connectivity index (χ1v) is 7.44. The quantitative estimate of drug-likeness (QED) is 0.729. The minimum Gasteiger partial charge on any atom is -0.310 e. The van der Waals surface area contributed by atoms with Crippen LogP contribution in [-0.2, 0) is 0 Å². The van der Waals surface area contributed by atoms with E-state index in [9.17, 15) is 0 Å². The molecule has 1 unspecified atom stereocenters. The van der Waals surface area contributed by atoms with Crippen molar-refractivity contribution in [2.45, 2.75) is 39.2 Å². The lowest BCUT2D eigenvalue weighted by Gasteiger charge is -2.18. The van der Waals surface area contributed by atoms with Crippen molar-refractivity contribution < 1.29 is 0 Å². The van der Waals surface area contributed by atoms with Crippen molar-refractivity contribution in [2.75, 3.05) is 6.54 Å². The van der Waals surface area contributed by atoms with Gasteiger partial charge in [-0.25, -0.2) is 0 Å². The highest BCUT2D eigenvalue weighted by molar-refractivity contribution is 9.10. The molecule has 0 spiro atoms. The number of halogens is 2. The predicted octanol–water partition coefficient (Wildman–Crippen LogP) is 4.95. The Morgan fingerprint density at radius 1 is 1.44 bits per heavy atom. The molecule has 0 aliphatic heterocycles. The average Bonchev–Trinajstić information content (AvgIpc) is 2.37. The Morgan fingerprint density at radius 3 is 2.83 bits per heavy atom. The van der Waals surface area contributed by atoms with E-state index in [-0.39, 0.29) is 0 Å². The van der Waals surface area contributed by atoms with Gasteiger partial charge in [-0.15, -0.1) is 11.8 Å². The standard InChI is InChI=1S/C15H19BrClN/c1-3-5-6-7-15(18-10-4-2)12-8-9-13(16)14(17)11-12/h8-9,11,15,18H,4,6-7,10H2,1-2H3. The Bertz CT molecular complexity index is 434. The Labute approximate surface area is 123 Å². The average molecular weight is 329 g/mol. The summed E-state index contributed by atoms with van der Waals surface area (Å²) >= 11 is 9.57. The summed E-state index contributed by atoms with van der Waals surface area (Å²) in [6, 6.07) is 6.47. The maximum absolute atomic E-state index is 6.15. The second-order valence-corrected chi connectivity index (χ2v) is 5.41. The number of hydrogen-bond donors (Lipinski definition) is 1. The summed E-state index contributed by atoms with van der Waals surface area (Å²) in [4.78, 5) is 0. The van der Waals surface area contributed by atoms with Crippen LogP contribution in [0.1, 0.15) is 44.7 Å². The molecule has 18 heavy (non-hydrogen) atoms. The Morgan fingerprint density at radius 2 is 2.22 bits per heavy atom. The molecule has 98 valence electrons. The van der Waals surface area contributed by atoms with Crippen LogP contribution in [0.5, 0.6) is 0 Å². The third-order valence-electron chi connectivity index (χ3n) is 2.72. The molecule has 0 heterocycles. The number of benzene rings is 1. The van der Waals surface area contributed by atoms with E-state index in [4.69, 9.17) is 11.6 Å². The fourth-order valence-corrected chi connectivity index (χ4v) is 2.21. The zero-order chi connectivity index (χ0) is 13.4. The normalized spacial score (nSPS) is 11.8. The topological polar surface area (TPSA) is 12.0 Å². The second-order valence-electron chi connectivity index (χ2n) is 4.15. The Hall–Kier alpha value is -0.490. The Balaban J connectivity index is 2.78. The molecule has 1 atom stereocenters. The molecule has 0 radical (unpaired) electrons. The lowest BCUT2D eigenvalue weighted by Crippen LogP contribution is -2.22. The molecule has 0 fully saturated rings. The smallest absolute Gasteiger partial charge is 0.0551 e. The summed E-state index contributed by atoms with van der Waals surface area (Å²) in [6.45, 7) is 5.06. The first-order chi connectivity index (χ1) is 8.69. The van der Waals surface area contributed by atoms with Gasteiger partial charge in [-0.3, -0.25) is 0 Å². The van der Waals surface area contributed by atoms with Gasteiger partial charge in [0.25, 0.3) is 0 Å². The van der Waals surface area contributed by atoms with Crippen LogP contribution in [0.3, 0.4) is 0 Å². The molecule has 0 aliphatic rings. The molecule has 1 rings (SSSR count). The van der Waals surface area contributed by atoms with Gasteiger partial charge in [0, 0.05) is 16.9 Å². The van der Waals surface area contributed by atoms with Crippen molar-refractivity contribution in [1.82, 2.24) is 5.32 Å². The lowest BCUT2D eigenvalue weighted by atomic mass is 10.0. The molecule has 1 aromatic rings. The number of rotatable bonds is 6. The van der Waals surface area contributed by atoms with Crippen molar-refractivity contribution >= 4 is 27.5 Å². The van der Waals surface area contributed by atoms with Crippen molar-refractivity contribution in [2.24, 2.45) is 0 Å². The molecule has 1 nitrogen and oxygen atoms in total. The first-order valence-electron chi connectivity index (χ1n) is 6.27. The van der Waals surface area contributed by atoms with Crippen molar-refractivity contribution in [3.05, 3.63) is 33.3 Å². The zero-order valence-corrected chi connectivity index (χ0v) is 13.2. The van der Waals surface area contributed by atoms with Crippen molar-refractivity contribution in [1.29, 1.82) is 0 Å². The van der Waals surface area contributed by atoms with E-state index in [0.717, 1.165) is 35.3 Å². The van der Waals surface area contributed by atoms with Crippen molar-refractivity contribution in [3.8, 4) is 11.8 Å². The highest BCUT2D eigenvalue weighted by atomic mass is 79.9. The van der Waals surface area contributed by atoms with E-state index in [2.05, 4.69) is 46.1 Å². The highest BCUT2D eigenvalue weighted by Crippen LogP contribution is 2.27. The monoisotopic (exact) mass is 327 g/mol. The van der Waals surface area contributed by atoms with Gasteiger partial charge in [0.2, 0.25) is 0 Å². The molecule has 0 amide bonds. The van der Waals surface area contributed by atoms with E-state index in [0.29, 0.717) is 6.04 Å². The fraction of sp³-hybridized carbons (Fsp3) is 0.467. The molecule has 1 aromatic carbocycles. The van der Waals surface area contributed by atoms with Gasteiger partial charge in [-0.05, 0) is 59.9 Å². The summed E-state index contributed by atoms with van der Waals surface area (Å²) in [7, 11) is 0. The van der Waals surface area contributed by atoms with Crippen LogP contribution in [0.25, 0.3) is 0 Å². The Kier molecular flexibility index (Phi) is 7.42. The molecule has 0 bridgehead atoms. The SMILES string of the molecule is CC#CCCC(NCCC)c1ccc(Br)c(Cl)c1. The predicted molar refractivity (Wildman–Crippen MR) is 82.9 cm³/mol. The van der Waals surface area contributed by atoms with Gasteiger partial charge < -0.3 is 5.32 Å². The minimum absolute atomic E-state index is 0.330. The highest BCUT2D eigenvalue weighted by Gasteiger charge is 2.11. The van der Waals surface area contributed by atoms with Gasteiger partial charge in [0.05, 0.1) is 5.02 Å². The third kappa shape index (κ3) is 5.02. The fourth-order valence-electron chi connectivity index (χ4n) is 1.78. The van der Waals surface area contributed by atoms with E-state index in [1.807, 2.05) is 19.1 Å².